The van der Waals surface area contributed by atoms with Gasteiger partial charge in [0.1, 0.15) is 6.10 Å². The number of primary amides is 1. The number of nitrogens with two attached hydrogens (primary N) is 1. The Bertz CT molecular complexity index is 237. The van der Waals surface area contributed by atoms with E-state index >= 15 is 0 Å². The standard InChI is InChI=1S/C10H17NO2/c1-9(7(12)8(11)13)5-10(6-9)3-2-4-10/h7,12H,2-6H2,1H3,(H2,11,13). The van der Waals surface area contributed by atoms with E-state index in [4.69, 9.17) is 5.73 Å². The number of carbonyl (C=O) groups is 1. The molecule has 1 unspecified atom stereocenters. The van der Waals surface area contributed by atoms with Crippen LogP contribution >= 0.6 is 0 Å². The number of carbonyl (C=O) groups excluding carboxylic acids is 1. The zero-order chi connectivity index (χ0) is 9.69. The molecule has 3 nitrogen and oxygen atoms in total. The summed E-state index contributed by atoms with van der Waals surface area (Å²) in [5.74, 6) is -0.573. The van der Waals surface area contributed by atoms with Crippen LogP contribution in [0.1, 0.15) is 39.0 Å². The van der Waals surface area contributed by atoms with E-state index < -0.39 is 12.0 Å². The fourth-order valence-corrected chi connectivity index (χ4v) is 3.23. The van der Waals surface area contributed by atoms with Gasteiger partial charge in [-0.2, -0.15) is 0 Å². The van der Waals surface area contributed by atoms with Crippen LogP contribution in [0.4, 0.5) is 0 Å². The summed E-state index contributed by atoms with van der Waals surface area (Å²) in [5.41, 5.74) is 5.34. The number of hydrogen-bond acceptors (Lipinski definition) is 2. The molecule has 0 saturated heterocycles. The minimum absolute atomic E-state index is 0.230. The summed E-state index contributed by atoms with van der Waals surface area (Å²) in [5, 5.41) is 9.58. The van der Waals surface area contributed by atoms with E-state index in [1.807, 2.05) is 6.92 Å². The Morgan fingerprint density at radius 3 is 2.31 bits per heavy atom. The van der Waals surface area contributed by atoms with Gasteiger partial charge in [0, 0.05) is 5.41 Å². The van der Waals surface area contributed by atoms with Crippen LogP contribution < -0.4 is 5.73 Å². The molecule has 0 aromatic heterocycles. The normalized spacial score (nSPS) is 30.3. The Hall–Kier alpha value is -0.570. The van der Waals surface area contributed by atoms with Crippen LogP contribution in [0.3, 0.4) is 0 Å². The molecule has 2 fully saturated rings. The van der Waals surface area contributed by atoms with E-state index in [1.54, 1.807) is 0 Å². The van der Waals surface area contributed by atoms with Gasteiger partial charge in [0.25, 0.3) is 0 Å². The molecule has 0 aromatic rings. The smallest absolute Gasteiger partial charge is 0.246 e. The second-order valence-corrected chi connectivity index (χ2v) is 5.17. The lowest BCUT2D eigenvalue weighted by atomic mass is 9.44. The van der Waals surface area contributed by atoms with E-state index in [9.17, 15) is 9.90 Å². The quantitative estimate of drug-likeness (QED) is 0.665. The average molecular weight is 183 g/mol. The third kappa shape index (κ3) is 1.17. The molecule has 0 heterocycles. The molecule has 2 aliphatic carbocycles. The molecule has 2 aliphatic rings. The highest BCUT2D eigenvalue weighted by Gasteiger charge is 2.58. The lowest BCUT2D eigenvalue weighted by molar-refractivity contribution is -0.163. The van der Waals surface area contributed by atoms with Crippen LogP contribution in [0.2, 0.25) is 0 Å². The first-order valence-corrected chi connectivity index (χ1v) is 4.95. The lowest BCUT2D eigenvalue weighted by Crippen LogP contribution is -2.57. The number of amides is 1. The minimum atomic E-state index is -0.946. The Kier molecular flexibility index (Phi) is 1.71. The molecule has 3 heteroatoms. The highest BCUT2D eigenvalue weighted by Crippen LogP contribution is 2.65. The maximum atomic E-state index is 10.8. The van der Waals surface area contributed by atoms with Gasteiger partial charge in [-0.3, -0.25) is 4.79 Å². The lowest BCUT2D eigenvalue weighted by Gasteiger charge is -2.61. The first-order valence-electron chi connectivity index (χ1n) is 4.95. The van der Waals surface area contributed by atoms with Crippen LogP contribution in [-0.4, -0.2) is 17.1 Å². The van der Waals surface area contributed by atoms with E-state index in [0.717, 1.165) is 12.8 Å². The summed E-state index contributed by atoms with van der Waals surface area (Å²) in [6, 6.07) is 0. The van der Waals surface area contributed by atoms with Crippen LogP contribution in [0.15, 0.2) is 0 Å². The molecule has 2 saturated carbocycles. The molecule has 74 valence electrons. The van der Waals surface area contributed by atoms with Crippen molar-refractivity contribution in [3.63, 3.8) is 0 Å². The molecule has 2 rings (SSSR count). The van der Waals surface area contributed by atoms with Crippen molar-refractivity contribution in [3.05, 3.63) is 0 Å². The van der Waals surface area contributed by atoms with Gasteiger partial charge in [0.2, 0.25) is 5.91 Å². The maximum Gasteiger partial charge on any atom is 0.246 e. The Morgan fingerprint density at radius 1 is 1.46 bits per heavy atom. The van der Waals surface area contributed by atoms with Crippen molar-refractivity contribution in [1.29, 1.82) is 0 Å². The topological polar surface area (TPSA) is 63.3 Å². The van der Waals surface area contributed by atoms with Gasteiger partial charge >= 0.3 is 0 Å². The summed E-state index contributed by atoms with van der Waals surface area (Å²) in [4.78, 5) is 10.8. The molecule has 13 heavy (non-hydrogen) atoms. The van der Waals surface area contributed by atoms with E-state index in [-0.39, 0.29) is 5.41 Å². The van der Waals surface area contributed by atoms with Gasteiger partial charge in [-0.05, 0) is 31.1 Å². The predicted octanol–water partition coefficient (Wildman–Crippen LogP) is 0.803. The molecule has 0 aliphatic heterocycles. The zero-order valence-corrected chi connectivity index (χ0v) is 8.05. The third-order valence-corrected chi connectivity index (χ3v) is 3.90. The van der Waals surface area contributed by atoms with E-state index in [2.05, 4.69) is 0 Å². The first-order chi connectivity index (χ1) is 5.98. The largest absolute Gasteiger partial charge is 0.383 e. The maximum absolute atomic E-state index is 10.8. The summed E-state index contributed by atoms with van der Waals surface area (Å²) >= 11 is 0. The van der Waals surface area contributed by atoms with Crippen molar-refractivity contribution in [3.8, 4) is 0 Å². The Balaban J connectivity index is 1.98. The van der Waals surface area contributed by atoms with Gasteiger partial charge in [-0.25, -0.2) is 0 Å². The molecule has 0 bridgehead atoms. The Labute approximate surface area is 78.3 Å². The number of rotatable bonds is 2. The second kappa shape index (κ2) is 2.47. The van der Waals surface area contributed by atoms with E-state index in [1.165, 1.54) is 19.3 Å². The van der Waals surface area contributed by atoms with Crippen LogP contribution in [0.25, 0.3) is 0 Å². The van der Waals surface area contributed by atoms with E-state index in [0.29, 0.717) is 5.41 Å². The van der Waals surface area contributed by atoms with Crippen molar-refractivity contribution in [2.24, 2.45) is 16.6 Å². The summed E-state index contributed by atoms with van der Waals surface area (Å²) in [7, 11) is 0. The molecular weight excluding hydrogens is 166 g/mol. The molecule has 0 aromatic carbocycles. The molecule has 1 amide bonds. The monoisotopic (exact) mass is 183 g/mol. The SMILES string of the molecule is CC1(C(O)C(N)=O)CC2(CCC2)C1. The van der Waals surface area contributed by atoms with Crippen molar-refractivity contribution >= 4 is 5.91 Å². The van der Waals surface area contributed by atoms with Gasteiger partial charge < -0.3 is 10.8 Å². The predicted molar refractivity (Wildman–Crippen MR) is 48.8 cm³/mol. The summed E-state index contributed by atoms with van der Waals surface area (Å²) in [6.45, 7) is 1.96. The van der Waals surface area contributed by atoms with Crippen LogP contribution in [0, 0.1) is 10.8 Å². The fourth-order valence-electron chi connectivity index (χ4n) is 3.23. The Morgan fingerprint density at radius 2 is 2.00 bits per heavy atom. The fraction of sp³-hybridized carbons (Fsp3) is 0.900. The van der Waals surface area contributed by atoms with Gasteiger partial charge in [0.15, 0.2) is 0 Å². The number of hydrogen-bond donors (Lipinski definition) is 2. The highest BCUT2D eigenvalue weighted by molar-refractivity contribution is 5.79. The third-order valence-electron chi connectivity index (χ3n) is 3.90. The average Bonchev–Trinajstić information content (AvgIpc) is 1.93. The molecule has 3 N–H and O–H groups in total. The van der Waals surface area contributed by atoms with Crippen molar-refractivity contribution < 1.29 is 9.90 Å². The molecular formula is C10H17NO2. The zero-order valence-electron chi connectivity index (χ0n) is 8.05. The number of aliphatic hydroxyl groups is 1. The first kappa shape index (κ1) is 9.00. The second-order valence-electron chi connectivity index (χ2n) is 5.17. The van der Waals surface area contributed by atoms with Gasteiger partial charge in [-0.1, -0.05) is 13.3 Å². The van der Waals surface area contributed by atoms with Crippen molar-refractivity contribution in [2.75, 3.05) is 0 Å². The van der Waals surface area contributed by atoms with Gasteiger partial charge in [-0.15, -0.1) is 0 Å². The van der Waals surface area contributed by atoms with Crippen LogP contribution in [-0.2, 0) is 4.79 Å². The number of aliphatic hydroxyl groups excluding tert-OH is 1. The van der Waals surface area contributed by atoms with Crippen LogP contribution in [0.5, 0.6) is 0 Å². The van der Waals surface area contributed by atoms with Crippen molar-refractivity contribution in [2.45, 2.75) is 45.1 Å². The van der Waals surface area contributed by atoms with Gasteiger partial charge in [0.05, 0.1) is 0 Å². The summed E-state index contributed by atoms with van der Waals surface area (Å²) in [6.07, 6.45) is 4.86. The highest BCUT2D eigenvalue weighted by atomic mass is 16.3. The molecule has 1 spiro atoms. The van der Waals surface area contributed by atoms with Crippen molar-refractivity contribution in [1.82, 2.24) is 0 Å². The minimum Gasteiger partial charge on any atom is -0.383 e. The molecule has 0 radical (unpaired) electrons. The molecule has 1 atom stereocenters. The summed E-state index contributed by atoms with van der Waals surface area (Å²) < 4.78 is 0.